The Morgan fingerprint density at radius 1 is 0.735 bits per heavy atom. The lowest BCUT2D eigenvalue weighted by Gasteiger charge is -2.33. The third kappa shape index (κ3) is 4.00. The zero-order chi connectivity index (χ0) is 24.0. The van der Waals surface area contributed by atoms with E-state index in [9.17, 15) is 0 Å². The first-order chi connectivity index (χ1) is 16.6. The van der Waals surface area contributed by atoms with Crippen LogP contribution in [0.2, 0.25) is 0 Å². The maximum atomic E-state index is 4.42. The van der Waals surface area contributed by atoms with E-state index >= 15 is 0 Å². The fraction of sp³-hybridized carbons (Fsp3) is 0.0588. The average molecular weight is 439 g/mol. The predicted octanol–water partition coefficient (Wildman–Crippen LogP) is 8.87. The van der Waals surface area contributed by atoms with Gasteiger partial charge in [0.25, 0.3) is 0 Å². The molecule has 0 radical (unpaired) electrons. The van der Waals surface area contributed by atoms with Gasteiger partial charge in [0.15, 0.2) is 0 Å². The number of benzene rings is 2. The lowest BCUT2D eigenvalue weighted by molar-refractivity contribution is 0.796. The molecular formula is C34H30. The molecule has 0 amide bonds. The normalized spacial score (nSPS) is 23.7. The second-order valence-electron chi connectivity index (χ2n) is 8.31. The van der Waals surface area contributed by atoms with E-state index in [4.69, 9.17) is 0 Å². The van der Waals surface area contributed by atoms with Crippen molar-refractivity contribution in [1.29, 1.82) is 0 Å². The molecule has 0 nitrogen and oxygen atoms in total. The van der Waals surface area contributed by atoms with Crippen LogP contribution in [0.3, 0.4) is 0 Å². The van der Waals surface area contributed by atoms with E-state index in [0.717, 1.165) is 22.3 Å². The van der Waals surface area contributed by atoms with Gasteiger partial charge < -0.3 is 0 Å². The van der Waals surface area contributed by atoms with Gasteiger partial charge in [0.05, 0.1) is 5.41 Å². The number of allylic oxidation sites excluding steroid dienone is 17. The molecule has 0 saturated heterocycles. The van der Waals surface area contributed by atoms with E-state index < -0.39 is 5.41 Å². The van der Waals surface area contributed by atoms with Crippen molar-refractivity contribution in [3.8, 4) is 0 Å². The summed E-state index contributed by atoms with van der Waals surface area (Å²) in [7, 11) is 0. The van der Waals surface area contributed by atoms with Crippen LogP contribution in [-0.4, -0.2) is 0 Å². The van der Waals surface area contributed by atoms with Crippen molar-refractivity contribution in [1.82, 2.24) is 0 Å². The van der Waals surface area contributed by atoms with Gasteiger partial charge in [-0.15, -0.1) is 6.58 Å². The second-order valence-corrected chi connectivity index (χ2v) is 8.31. The lowest BCUT2D eigenvalue weighted by Crippen LogP contribution is -2.26. The molecule has 0 spiro atoms. The highest BCUT2D eigenvalue weighted by Gasteiger charge is 2.43. The minimum Gasteiger partial charge on any atom is -0.102 e. The van der Waals surface area contributed by atoms with E-state index in [-0.39, 0.29) is 0 Å². The van der Waals surface area contributed by atoms with Crippen LogP contribution in [0, 0.1) is 0 Å². The molecule has 0 fully saturated rings. The van der Waals surface area contributed by atoms with Crippen molar-refractivity contribution >= 4 is 11.1 Å². The molecule has 0 aliphatic heterocycles. The summed E-state index contributed by atoms with van der Waals surface area (Å²) in [6.45, 7) is 15.1. The first kappa shape index (κ1) is 23.0. The minimum absolute atomic E-state index is 0.528. The molecule has 34 heavy (non-hydrogen) atoms. The monoisotopic (exact) mass is 438 g/mol. The Bertz CT molecular complexity index is 1340. The van der Waals surface area contributed by atoms with Crippen molar-refractivity contribution in [2.75, 3.05) is 0 Å². The summed E-state index contributed by atoms with van der Waals surface area (Å²) >= 11 is 0. The molecule has 2 aromatic rings. The molecular weight excluding hydrogens is 408 g/mol. The summed E-state index contributed by atoms with van der Waals surface area (Å²) in [5.41, 5.74) is 8.36. The van der Waals surface area contributed by atoms with Crippen LogP contribution in [0.5, 0.6) is 0 Å². The van der Waals surface area contributed by atoms with Crippen LogP contribution in [0.25, 0.3) is 11.1 Å². The van der Waals surface area contributed by atoms with Crippen LogP contribution in [-0.2, 0) is 5.41 Å². The summed E-state index contributed by atoms with van der Waals surface area (Å²) in [4.78, 5) is 0. The van der Waals surface area contributed by atoms with Crippen molar-refractivity contribution in [3.05, 3.63) is 181 Å². The second kappa shape index (κ2) is 10.2. The number of hydrogen-bond donors (Lipinski definition) is 0. The highest BCUT2D eigenvalue weighted by Crippen LogP contribution is 2.54. The van der Waals surface area contributed by atoms with Crippen LogP contribution in [0.1, 0.15) is 29.2 Å². The molecule has 4 rings (SSSR count). The maximum absolute atomic E-state index is 4.42. The van der Waals surface area contributed by atoms with Crippen molar-refractivity contribution in [2.45, 2.75) is 12.3 Å². The molecule has 0 N–H and O–H groups in total. The van der Waals surface area contributed by atoms with Crippen LogP contribution >= 0.6 is 0 Å². The maximum Gasteiger partial charge on any atom is 0.0647 e. The molecule has 0 saturated carbocycles. The lowest BCUT2D eigenvalue weighted by atomic mass is 9.69. The molecule has 0 aromatic heterocycles. The zero-order valence-corrected chi connectivity index (χ0v) is 19.7. The first-order valence-electron chi connectivity index (χ1n) is 11.6. The van der Waals surface area contributed by atoms with Crippen molar-refractivity contribution in [2.24, 2.45) is 0 Å². The quantitative estimate of drug-likeness (QED) is 0.323. The molecule has 2 aliphatic carbocycles. The molecule has 0 bridgehead atoms. The Morgan fingerprint density at radius 2 is 1.32 bits per heavy atom. The van der Waals surface area contributed by atoms with Gasteiger partial charge in [0.2, 0.25) is 0 Å². The Balaban J connectivity index is 2.05. The molecule has 2 aliphatic rings. The predicted molar refractivity (Wildman–Crippen MR) is 149 cm³/mol. The summed E-state index contributed by atoms with van der Waals surface area (Å²) in [6, 6.07) is 17.1. The summed E-state index contributed by atoms with van der Waals surface area (Å²) in [5.74, 6) is 0. The third-order valence-electron chi connectivity index (χ3n) is 6.40. The Labute approximate surface area is 204 Å². The van der Waals surface area contributed by atoms with Gasteiger partial charge in [-0.25, -0.2) is 0 Å². The number of rotatable bonds is 5. The van der Waals surface area contributed by atoms with E-state index in [1.165, 1.54) is 22.3 Å². The number of hydrogen-bond acceptors (Lipinski definition) is 0. The van der Waals surface area contributed by atoms with E-state index in [1.807, 2.05) is 43.4 Å². The Kier molecular flexibility index (Phi) is 6.90. The topological polar surface area (TPSA) is 0 Å². The van der Waals surface area contributed by atoms with E-state index in [0.29, 0.717) is 0 Å². The van der Waals surface area contributed by atoms with Gasteiger partial charge in [-0.05, 0) is 51.5 Å². The summed E-state index contributed by atoms with van der Waals surface area (Å²) in [5, 5.41) is 0. The largest absolute Gasteiger partial charge is 0.102 e. The van der Waals surface area contributed by atoms with Crippen LogP contribution in [0.4, 0.5) is 0 Å². The fourth-order valence-electron chi connectivity index (χ4n) is 4.84. The van der Waals surface area contributed by atoms with E-state index in [2.05, 4.69) is 111 Å². The standard InChI is InChI=1S/C34H30/c1-5-19-26(3)27(4)28-20-15-17-24-31(28)34(6-2)32-23-14-12-10-8-7-9-11-13-21-29(32)30-22-16-18-25-33(30)34/h5-25H,2-4H2,1H3/b8-7-,9-7?,10-8?,11-9+,12-10-,13-11?,14-12?,19-5-,21-13-,23-14+,29-21?,32-23?. The third-order valence-corrected chi connectivity index (χ3v) is 6.40. The van der Waals surface area contributed by atoms with Gasteiger partial charge in [-0.2, -0.15) is 0 Å². The van der Waals surface area contributed by atoms with Crippen molar-refractivity contribution < 1.29 is 0 Å². The molecule has 0 heterocycles. The van der Waals surface area contributed by atoms with E-state index in [1.54, 1.807) is 0 Å². The molecule has 2 aromatic carbocycles. The van der Waals surface area contributed by atoms with Crippen molar-refractivity contribution in [3.63, 3.8) is 0 Å². The van der Waals surface area contributed by atoms with Gasteiger partial charge in [-0.1, -0.05) is 141 Å². The van der Waals surface area contributed by atoms with Gasteiger partial charge in [0.1, 0.15) is 0 Å². The smallest absolute Gasteiger partial charge is 0.0647 e. The zero-order valence-electron chi connectivity index (χ0n) is 19.7. The SMILES string of the molecule is C=CC1(c2ccccc2C(=C)C(=C)/C=C\C)C2=C(\C=C/C=C/C=C\C=C/C=C/2)c2ccccc21. The van der Waals surface area contributed by atoms with Crippen LogP contribution < -0.4 is 0 Å². The van der Waals surface area contributed by atoms with Crippen LogP contribution in [0.15, 0.2) is 158 Å². The Hall–Kier alpha value is -4.16. The summed E-state index contributed by atoms with van der Waals surface area (Å²) < 4.78 is 0. The minimum atomic E-state index is -0.528. The highest BCUT2D eigenvalue weighted by molar-refractivity contribution is 5.93. The summed E-state index contributed by atoms with van der Waals surface area (Å²) in [6.07, 6.45) is 27.0. The fourth-order valence-corrected chi connectivity index (χ4v) is 4.84. The van der Waals surface area contributed by atoms with Gasteiger partial charge >= 0.3 is 0 Å². The highest BCUT2D eigenvalue weighted by atomic mass is 14.4. The van der Waals surface area contributed by atoms with Gasteiger partial charge in [-0.3, -0.25) is 0 Å². The average Bonchev–Trinajstić information content (AvgIpc) is 3.13. The molecule has 166 valence electrons. The number of fused-ring (bicyclic) bond motifs is 2. The molecule has 1 atom stereocenters. The molecule has 1 unspecified atom stereocenters. The molecule has 0 heteroatoms. The first-order valence-corrected chi connectivity index (χ1v) is 11.6. The van der Waals surface area contributed by atoms with Gasteiger partial charge in [0, 0.05) is 0 Å². The Morgan fingerprint density at radius 3 is 2.00 bits per heavy atom.